The maximum Gasteiger partial charge on any atom is 0.164 e. The SMILES string of the molecule is CCC(C)(C)C(=O)/C=C(\O)c1ccccc1. The summed E-state index contributed by atoms with van der Waals surface area (Å²) < 4.78 is 0. The average molecular weight is 218 g/mol. The number of ketones is 1. The van der Waals surface area contributed by atoms with Crippen LogP contribution in [0.3, 0.4) is 0 Å². The fourth-order valence-corrected chi connectivity index (χ4v) is 1.19. The minimum atomic E-state index is -0.414. The Morgan fingerprint density at radius 1 is 1.31 bits per heavy atom. The quantitative estimate of drug-likeness (QED) is 0.619. The molecule has 0 amide bonds. The van der Waals surface area contributed by atoms with E-state index in [0.29, 0.717) is 5.56 Å². The minimum absolute atomic E-state index is 0.0344. The molecule has 0 bridgehead atoms. The number of carbonyl (C=O) groups is 1. The van der Waals surface area contributed by atoms with E-state index >= 15 is 0 Å². The first kappa shape index (κ1) is 12.5. The lowest BCUT2D eigenvalue weighted by Crippen LogP contribution is -2.21. The van der Waals surface area contributed by atoms with Crippen LogP contribution in [0.1, 0.15) is 32.8 Å². The summed E-state index contributed by atoms with van der Waals surface area (Å²) in [4.78, 5) is 11.8. The van der Waals surface area contributed by atoms with Crippen LogP contribution in [0, 0.1) is 5.41 Å². The number of hydrogen-bond donors (Lipinski definition) is 1. The van der Waals surface area contributed by atoms with Crippen molar-refractivity contribution in [3.8, 4) is 0 Å². The van der Waals surface area contributed by atoms with Gasteiger partial charge in [0.05, 0.1) is 0 Å². The van der Waals surface area contributed by atoms with Gasteiger partial charge in [0.1, 0.15) is 5.76 Å². The second-order valence-corrected chi connectivity index (χ2v) is 4.50. The molecule has 16 heavy (non-hydrogen) atoms. The summed E-state index contributed by atoms with van der Waals surface area (Å²) >= 11 is 0. The third kappa shape index (κ3) is 2.96. The van der Waals surface area contributed by atoms with Gasteiger partial charge in [-0.2, -0.15) is 0 Å². The van der Waals surface area contributed by atoms with E-state index in [0.717, 1.165) is 6.42 Å². The van der Waals surface area contributed by atoms with Gasteiger partial charge in [-0.25, -0.2) is 0 Å². The van der Waals surface area contributed by atoms with Crippen molar-refractivity contribution >= 4 is 11.5 Å². The van der Waals surface area contributed by atoms with Gasteiger partial charge in [0.2, 0.25) is 0 Å². The van der Waals surface area contributed by atoms with Crippen molar-refractivity contribution in [3.05, 3.63) is 42.0 Å². The summed E-state index contributed by atoms with van der Waals surface area (Å²) in [5.41, 5.74) is 0.255. The maximum absolute atomic E-state index is 11.8. The lowest BCUT2D eigenvalue weighted by Gasteiger charge is -2.18. The predicted octanol–water partition coefficient (Wildman–Crippen LogP) is 3.59. The van der Waals surface area contributed by atoms with Crippen molar-refractivity contribution in [1.29, 1.82) is 0 Å². The third-order valence-electron chi connectivity index (χ3n) is 2.89. The van der Waals surface area contributed by atoms with Crippen molar-refractivity contribution < 1.29 is 9.90 Å². The molecule has 0 radical (unpaired) electrons. The minimum Gasteiger partial charge on any atom is -0.507 e. The van der Waals surface area contributed by atoms with Crippen LogP contribution < -0.4 is 0 Å². The molecule has 1 aromatic carbocycles. The molecule has 2 nitrogen and oxygen atoms in total. The largest absolute Gasteiger partial charge is 0.507 e. The van der Waals surface area contributed by atoms with Crippen molar-refractivity contribution in [1.82, 2.24) is 0 Å². The molecule has 0 aliphatic carbocycles. The Labute approximate surface area is 96.6 Å². The number of aliphatic hydroxyl groups excluding tert-OH is 1. The molecule has 0 fully saturated rings. The first-order valence-corrected chi connectivity index (χ1v) is 5.48. The fourth-order valence-electron chi connectivity index (χ4n) is 1.19. The number of aliphatic hydroxyl groups is 1. The highest BCUT2D eigenvalue weighted by Gasteiger charge is 2.23. The molecule has 1 rings (SSSR count). The third-order valence-corrected chi connectivity index (χ3v) is 2.89. The van der Waals surface area contributed by atoms with Crippen LogP contribution in [0.4, 0.5) is 0 Å². The van der Waals surface area contributed by atoms with Crippen LogP contribution >= 0.6 is 0 Å². The topological polar surface area (TPSA) is 37.3 Å². The highest BCUT2D eigenvalue weighted by atomic mass is 16.3. The van der Waals surface area contributed by atoms with Gasteiger partial charge < -0.3 is 5.11 Å². The van der Waals surface area contributed by atoms with Crippen molar-refractivity contribution in [2.24, 2.45) is 5.41 Å². The Morgan fingerprint density at radius 2 is 1.88 bits per heavy atom. The Kier molecular flexibility index (Phi) is 3.88. The second kappa shape index (κ2) is 4.97. The normalized spacial score (nSPS) is 12.6. The second-order valence-electron chi connectivity index (χ2n) is 4.50. The van der Waals surface area contributed by atoms with Gasteiger partial charge in [-0.15, -0.1) is 0 Å². The molecule has 1 N–H and O–H groups in total. The lowest BCUT2D eigenvalue weighted by molar-refractivity contribution is -0.122. The average Bonchev–Trinajstić information content (AvgIpc) is 2.30. The molecule has 86 valence electrons. The number of carbonyl (C=O) groups excluding carboxylic acids is 1. The molecule has 1 aromatic rings. The van der Waals surface area contributed by atoms with Crippen LogP contribution in [0.2, 0.25) is 0 Å². The molecule has 0 aliphatic heterocycles. The molecule has 0 aliphatic rings. The van der Waals surface area contributed by atoms with Gasteiger partial charge in [0.15, 0.2) is 5.78 Å². The monoisotopic (exact) mass is 218 g/mol. The Morgan fingerprint density at radius 3 is 2.38 bits per heavy atom. The molecule has 0 unspecified atom stereocenters. The maximum atomic E-state index is 11.8. The summed E-state index contributed by atoms with van der Waals surface area (Å²) in [7, 11) is 0. The van der Waals surface area contributed by atoms with E-state index in [4.69, 9.17) is 0 Å². The highest BCUT2D eigenvalue weighted by molar-refractivity contribution is 5.98. The van der Waals surface area contributed by atoms with Crippen LogP contribution in [-0.2, 0) is 4.79 Å². The first-order valence-electron chi connectivity index (χ1n) is 5.48. The molecule has 0 heterocycles. The molecule has 0 atom stereocenters. The fraction of sp³-hybridized carbons (Fsp3) is 0.357. The van der Waals surface area contributed by atoms with Crippen molar-refractivity contribution in [2.45, 2.75) is 27.2 Å². The van der Waals surface area contributed by atoms with Gasteiger partial charge in [-0.05, 0) is 6.42 Å². The molecular weight excluding hydrogens is 200 g/mol. The Hall–Kier alpha value is -1.57. The van der Waals surface area contributed by atoms with Crippen LogP contribution in [-0.4, -0.2) is 10.9 Å². The van der Waals surface area contributed by atoms with E-state index in [-0.39, 0.29) is 11.5 Å². The van der Waals surface area contributed by atoms with Gasteiger partial charge in [0, 0.05) is 17.1 Å². The molecule has 0 saturated carbocycles. The van der Waals surface area contributed by atoms with E-state index in [1.54, 1.807) is 12.1 Å². The zero-order chi connectivity index (χ0) is 12.2. The summed E-state index contributed by atoms with van der Waals surface area (Å²) in [5.74, 6) is -0.0107. The standard InChI is InChI=1S/C14H18O2/c1-4-14(2,3)13(16)10-12(15)11-8-6-5-7-9-11/h5-10,15H,4H2,1-3H3/b12-10-. The molecule has 0 aromatic heterocycles. The summed E-state index contributed by atoms with van der Waals surface area (Å²) in [5, 5.41) is 9.79. The van der Waals surface area contributed by atoms with Crippen molar-refractivity contribution in [2.75, 3.05) is 0 Å². The van der Waals surface area contributed by atoms with E-state index in [1.807, 2.05) is 39.0 Å². The summed E-state index contributed by atoms with van der Waals surface area (Å²) in [6.45, 7) is 5.72. The zero-order valence-electron chi connectivity index (χ0n) is 10.0. The lowest BCUT2D eigenvalue weighted by atomic mass is 9.85. The number of allylic oxidation sites excluding steroid dienone is 1. The number of hydrogen-bond acceptors (Lipinski definition) is 2. The van der Waals surface area contributed by atoms with Gasteiger partial charge in [-0.3, -0.25) is 4.79 Å². The van der Waals surface area contributed by atoms with E-state index in [1.165, 1.54) is 6.08 Å². The van der Waals surface area contributed by atoms with Gasteiger partial charge >= 0.3 is 0 Å². The van der Waals surface area contributed by atoms with E-state index in [9.17, 15) is 9.90 Å². The van der Waals surface area contributed by atoms with Crippen LogP contribution in [0.5, 0.6) is 0 Å². The molecule has 0 saturated heterocycles. The molecular formula is C14H18O2. The van der Waals surface area contributed by atoms with E-state index in [2.05, 4.69) is 0 Å². The first-order chi connectivity index (χ1) is 7.47. The Balaban J connectivity index is 2.90. The summed E-state index contributed by atoms with van der Waals surface area (Å²) in [6, 6.07) is 9.08. The van der Waals surface area contributed by atoms with Crippen LogP contribution in [0.15, 0.2) is 36.4 Å². The van der Waals surface area contributed by atoms with Crippen LogP contribution in [0.25, 0.3) is 5.76 Å². The van der Waals surface area contributed by atoms with Crippen molar-refractivity contribution in [3.63, 3.8) is 0 Å². The number of rotatable bonds is 4. The Bertz CT molecular complexity index is 388. The highest BCUT2D eigenvalue weighted by Crippen LogP contribution is 2.23. The predicted molar refractivity (Wildman–Crippen MR) is 66.1 cm³/mol. The van der Waals surface area contributed by atoms with E-state index < -0.39 is 5.41 Å². The zero-order valence-corrected chi connectivity index (χ0v) is 10.0. The number of benzene rings is 1. The molecule has 0 spiro atoms. The molecule has 2 heteroatoms. The smallest absolute Gasteiger partial charge is 0.164 e. The van der Waals surface area contributed by atoms with Gasteiger partial charge in [0.25, 0.3) is 0 Å². The summed E-state index contributed by atoms with van der Waals surface area (Å²) in [6.07, 6.45) is 2.07. The van der Waals surface area contributed by atoms with Gasteiger partial charge in [-0.1, -0.05) is 51.1 Å².